The van der Waals surface area contributed by atoms with Crippen LogP contribution in [0.25, 0.3) is 6.08 Å². The van der Waals surface area contributed by atoms with Crippen LogP contribution >= 0.6 is 27.7 Å². The minimum absolute atomic E-state index is 0.0305. The summed E-state index contributed by atoms with van der Waals surface area (Å²) in [4.78, 5) is 32.0. The maximum Gasteiger partial charge on any atom is 0.266 e. The quantitative estimate of drug-likeness (QED) is 0.490. The van der Waals surface area contributed by atoms with Gasteiger partial charge in [0.2, 0.25) is 0 Å². The summed E-state index contributed by atoms with van der Waals surface area (Å²) in [6.07, 6.45) is 1.85. The van der Waals surface area contributed by atoms with Crippen molar-refractivity contribution in [1.29, 1.82) is 0 Å². The molecular weight excluding hydrogens is 490 g/mol. The van der Waals surface area contributed by atoms with Gasteiger partial charge in [0.1, 0.15) is 5.75 Å². The maximum absolute atomic E-state index is 12.9. The van der Waals surface area contributed by atoms with Crippen molar-refractivity contribution in [1.82, 2.24) is 4.90 Å². The lowest BCUT2D eigenvalue weighted by Gasteiger charge is -2.20. The van der Waals surface area contributed by atoms with E-state index in [0.29, 0.717) is 15.1 Å². The Balaban J connectivity index is 1.69. The Labute approximate surface area is 201 Å². The van der Waals surface area contributed by atoms with Crippen molar-refractivity contribution in [3.05, 3.63) is 63.5 Å². The normalized spacial score (nSPS) is 16.5. The van der Waals surface area contributed by atoms with Crippen molar-refractivity contribution in [2.75, 3.05) is 11.9 Å². The monoisotopic (exact) mass is 515 g/mol. The van der Waals surface area contributed by atoms with Gasteiger partial charge in [0.25, 0.3) is 11.8 Å². The highest BCUT2D eigenvalue weighted by Crippen LogP contribution is 2.35. The van der Waals surface area contributed by atoms with E-state index in [4.69, 9.17) is 4.74 Å². The van der Waals surface area contributed by atoms with Crippen molar-refractivity contribution < 1.29 is 14.3 Å². The number of ether oxygens (including phenoxy) is 1. The summed E-state index contributed by atoms with van der Waals surface area (Å²) in [7, 11) is 0. The van der Waals surface area contributed by atoms with E-state index >= 15 is 0 Å². The lowest BCUT2D eigenvalue weighted by molar-refractivity contribution is -0.123. The highest BCUT2D eigenvalue weighted by molar-refractivity contribution is 9.10. The number of rotatable bonds is 7. The van der Waals surface area contributed by atoms with Gasteiger partial charge in [-0.05, 0) is 91.3 Å². The first-order valence-electron chi connectivity index (χ1n) is 10.3. The number of aliphatic imine (C=N–C) groups is 1. The van der Waals surface area contributed by atoms with Gasteiger partial charge in [-0.3, -0.25) is 19.5 Å². The predicted molar refractivity (Wildman–Crippen MR) is 135 cm³/mol. The highest BCUT2D eigenvalue weighted by Gasteiger charge is 2.35. The molecule has 0 spiro atoms. The molecular formula is C24H26BrN3O3S. The molecule has 0 aliphatic carbocycles. The summed E-state index contributed by atoms with van der Waals surface area (Å²) in [5.74, 6) is 0.262. The molecule has 8 heteroatoms. The minimum Gasteiger partial charge on any atom is -0.483 e. The molecule has 0 unspecified atom stereocenters. The zero-order valence-electron chi connectivity index (χ0n) is 18.5. The first-order valence-corrected chi connectivity index (χ1v) is 11.9. The molecule has 2 aromatic carbocycles. The SMILES string of the molecule is CC(C)N=C1S/C(=C/c2ccc(OCC(=O)Nc3ccccc3)c(Br)c2)C(=O)N1C(C)C. The molecule has 1 N–H and O–H groups in total. The van der Waals surface area contributed by atoms with Crippen LogP contribution < -0.4 is 10.1 Å². The molecule has 0 saturated carbocycles. The molecule has 1 saturated heterocycles. The fourth-order valence-corrected chi connectivity index (χ4v) is 4.73. The number of anilines is 1. The molecule has 6 nitrogen and oxygen atoms in total. The van der Waals surface area contributed by atoms with E-state index < -0.39 is 0 Å². The molecule has 0 radical (unpaired) electrons. The van der Waals surface area contributed by atoms with Gasteiger partial charge in [-0.1, -0.05) is 24.3 Å². The molecule has 1 aliphatic heterocycles. The topological polar surface area (TPSA) is 71.0 Å². The van der Waals surface area contributed by atoms with Crippen molar-refractivity contribution in [3.8, 4) is 5.75 Å². The van der Waals surface area contributed by atoms with Crippen molar-refractivity contribution in [2.45, 2.75) is 39.8 Å². The summed E-state index contributed by atoms with van der Waals surface area (Å²) in [5, 5.41) is 3.51. The third-order valence-electron chi connectivity index (χ3n) is 4.39. The number of thioether (sulfide) groups is 1. The van der Waals surface area contributed by atoms with Gasteiger partial charge < -0.3 is 10.1 Å². The summed E-state index contributed by atoms with van der Waals surface area (Å²) in [5.41, 5.74) is 1.57. The number of amides is 2. The van der Waals surface area contributed by atoms with E-state index in [1.807, 2.05) is 76.2 Å². The van der Waals surface area contributed by atoms with Gasteiger partial charge >= 0.3 is 0 Å². The average Bonchev–Trinajstić information content (AvgIpc) is 3.02. The molecule has 1 heterocycles. The zero-order chi connectivity index (χ0) is 23.3. The molecule has 1 aliphatic rings. The van der Waals surface area contributed by atoms with Crippen molar-refractivity contribution >= 4 is 56.4 Å². The van der Waals surface area contributed by atoms with E-state index in [9.17, 15) is 9.59 Å². The van der Waals surface area contributed by atoms with Gasteiger partial charge in [-0.15, -0.1) is 0 Å². The number of carbonyl (C=O) groups is 2. The Morgan fingerprint density at radius 2 is 1.91 bits per heavy atom. The van der Waals surface area contributed by atoms with E-state index in [-0.39, 0.29) is 30.5 Å². The third-order valence-corrected chi connectivity index (χ3v) is 6.01. The highest BCUT2D eigenvalue weighted by atomic mass is 79.9. The number of para-hydroxylation sites is 1. The van der Waals surface area contributed by atoms with Crippen LogP contribution in [0.2, 0.25) is 0 Å². The molecule has 2 amide bonds. The second kappa shape index (κ2) is 10.8. The summed E-state index contributed by atoms with van der Waals surface area (Å²) >= 11 is 4.89. The maximum atomic E-state index is 12.9. The smallest absolute Gasteiger partial charge is 0.266 e. The Morgan fingerprint density at radius 1 is 1.19 bits per heavy atom. The van der Waals surface area contributed by atoms with Crippen LogP contribution in [0.15, 0.2) is 62.9 Å². The Hall–Kier alpha value is -2.58. The second-order valence-corrected chi connectivity index (χ2v) is 9.64. The van der Waals surface area contributed by atoms with Crippen LogP contribution in [-0.2, 0) is 9.59 Å². The Bertz CT molecular complexity index is 1050. The first kappa shape index (κ1) is 24.1. The van der Waals surface area contributed by atoms with Crippen LogP contribution in [0.1, 0.15) is 33.3 Å². The first-order chi connectivity index (χ1) is 15.2. The fourth-order valence-electron chi connectivity index (χ4n) is 2.99. The molecule has 3 rings (SSSR count). The van der Waals surface area contributed by atoms with E-state index in [0.717, 1.165) is 16.4 Å². The number of amidine groups is 1. The number of nitrogens with one attached hydrogen (secondary N) is 1. The largest absolute Gasteiger partial charge is 0.483 e. The molecule has 1 fully saturated rings. The van der Waals surface area contributed by atoms with Gasteiger partial charge in [0.15, 0.2) is 11.8 Å². The van der Waals surface area contributed by atoms with E-state index in [1.165, 1.54) is 11.8 Å². The van der Waals surface area contributed by atoms with Gasteiger partial charge in [-0.2, -0.15) is 0 Å². The van der Waals surface area contributed by atoms with Crippen LogP contribution in [0, 0.1) is 0 Å². The summed E-state index contributed by atoms with van der Waals surface area (Å²) in [6, 6.07) is 14.9. The van der Waals surface area contributed by atoms with Gasteiger partial charge in [-0.25, -0.2) is 0 Å². The number of halogens is 1. The summed E-state index contributed by atoms with van der Waals surface area (Å²) < 4.78 is 6.35. The van der Waals surface area contributed by atoms with Crippen LogP contribution in [-0.4, -0.2) is 40.6 Å². The molecule has 0 atom stereocenters. The second-order valence-electron chi connectivity index (χ2n) is 7.78. The van der Waals surface area contributed by atoms with E-state index in [1.54, 1.807) is 11.0 Å². The number of benzene rings is 2. The molecule has 32 heavy (non-hydrogen) atoms. The standard InChI is InChI=1S/C24H26BrN3O3S/c1-15(2)26-24-28(16(3)4)23(30)21(32-24)13-17-10-11-20(19(25)12-17)31-14-22(29)27-18-8-6-5-7-9-18/h5-13,15-16H,14H2,1-4H3,(H,27,29)/b21-13+,26-24?. The number of nitrogens with zero attached hydrogens (tertiary/aromatic N) is 2. The predicted octanol–water partition coefficient (Wildman–Crippen LogP) is 5.56. The fraction of sp³-hybridized carbons (Fsp3) is 0.292. The van der Waals surface area contributed by atoms with Crippen LogP contribution in [0.5, 0.6) is 5.75 Å². The molecule has 168 valence electrons. The summed E-state index contributed by atoms with van der Waals surface area (Å²) in [6.45, 7) is 7.84. The number of hydrogen-bond donors (Lipinski definition) is 1. The van der Waals surface area contributed by atoms with Crippen LogP contribution in [0.3, 0.4) is 0 Å². The molecule has 0 aromatic heterocycles. The zero-order valence-corrected chi connectivity index (χ0v) is 20.9. The Morgan fingerprint density at radius 3 is 2.53 bits per heavy atom. The van der Waals surface area contributed by atoms with E-state index in [2.05, 4.69) is 26.2 Å². The number of hydrogen-bond acceptors (Lipinski definition) is 5. The third kappa shape index (κ3) is 6.23. The number of carbonyl (C=O) groups excluding carboxylic acids is 2. The lowest BCUT2D eigenvalue weighted by Crippen LogP contribution is -2.35. The van der Waals surface area contributed by atoms with Gasteiger partial charge in [0, 0.05) is 17.8 Å². The van der Waals surface area contributed by atoms with Crippen molar-refractivity contribution in [3.63, 3.8) is 0 Å². The van der Waals surface area contributed by atoms with Crippen LogP contribution in [0.4, 0.5) is 5.69 Å². The molecule has 0 bridgehead atoms. The minimum atomic E-state index is -0.243. The molecule has 2 aromatic rings. The lowest BCUT2D eigenvalue weighted by atomic mass is 10.2. The average molecular weight is 516 g/mol. The Kier molecular flexibility index (Phi) is 8.15. The van der Waals surface area contributed by atoms with Crippen molar-refractivity contribution in [2.24, 2.45) is 4.99 Å². The van der Waals surface area contributed by atoms with Gasteiger partial charge in [0.05, 0.1) is 9.38 Å².